The summed E-state index contributed by atoms with van der Waals surface area (Å²) in [5, 5.41) is 9.23. The number of ether oxygens (including phenoxy) is 2. The molecule has 3 rings (SSSR count). The van der Waals surface area contributed by atoms with Crippen molar-refractivity contribution in [3.8, 4) is 11.5 Å². The van der Waals surface area contributed by atoms with Gasteiger partial charge in [-0.05, 0) is 55.2 Å². The van der Waals surface area contributed by atoms with Gasteiger partial charge >= 0.3 is 6.36 Å². The Bertz CT molecular complexity index is 1100. The number of unbranched alkanes of at least 4 members (excludes halogenated alkanes) is 1. The number of aldehydes is 1. The van der Waals surface area contributed by atoms with Crippen molar-refractivity contribution < 1.29 is 32.2 Å². The fraction of sp³-hybridized carbons (Fsp3) is 0.444. The predicted octanol–water partition coefficient (Wildman–Crippen LogP) is 5.93. The quantitative estimate of drug-likeness (QED) is 0.373. The highest BCUT2D eigenvalue weighted by molar-refractivity contribution is 6.03. The van der Waals surface area contributed by atoms with Crippen molar-refractivity contribution in [1.82, 2.24) is 5.01 Å². The number of carbonyl (C=O) groups is 2. The number of halogens is 3. The van der Waals surface area contributed by atoms with Crippen LogP contribution in [-0.2, 0) is 16.1 Å². The maximum absolute atomic E-state index is 13.0. The van der Waals surface area contributed by atoms with Crippen LogP contribution >= 0.6 is 0 Å². The summed E-state index contributed by atoms with van der Waals surface area (Å²) in [5.74, 6) is -0.667. The van der Waals surface area contributed by atoms with Crippen LogP contribution in [0.15, 0.2) is 47.6 Å². The van der Waals surface area contributed by atoms with Gasteiger partial charge in [0.1, 0.15) is 12.3 Å². The number of nitrogens with one attached hydrogen (secondary N) is 1. The topological polar surface area (TPSA) is 80.2 Å². The molecular formula is C27H32F3N3O4. The zero-order valence-electron chi connectivity index (χ0n) is 21.2. The fourth-order valence-electron chi connectivity index (χ4n) is 4.23. The van der Waals surface area contributed by atoms with Crippen molar-refractivity contribution in [1.29, 1.82) is 0 Å². The van der Waals surface area contributed by atoms with E-state index in [1.807, 2.05) is 26.0 Å². The highest BCUT2D eigenvalue weighted by Gasteiger charge is 2.34. The van der Waals surface area contributed by atoms with E-state index in [1.54, 1.807) is 23.2 Å². The largest absolute Gasteiger partial charge is 0.573 e. The van der Waals surface area contributed by atoms with Crippen LogP contribution in [0.25, 0.3) is 0 Å². The first-order chi connectivity index (χ1) is 17.7. The van der Waals surface area contributed by atoms with E-state index < -0.39 is 18.2 Å². The number of methoxy groups -OCH3 is 1. The Balaban J connectivity index is 1.86. The molecule has 0 aliphatic carbocycles. The first-order valence-electron chi connectivity index (χ1n) is 12.3. The van der Waals surface area contributed by atoms with Gasteiger partial charge in [-0.25, -0.2) is 0 Å². The molecule has 1 heterocycles. The first-order valence-corrected chi connectivity index (χ1v) is 12.3. The van der Waals surface area contributed by atoms with Gasteiger partial charge < -0.3 is 19.6 Å². The van der Waals surface area contributed by atoms with Gasteiger partial charge in [0.05, 0.1) is 19.4 Å². The number of hydrogen-bond acceptors (Lipinski definition) is 6. The molecule has 10 heteroatoms. The van der Waals surface area contributed by atoms with Crippen LogP contribution in [0, 0.1) is 5.92 Å². The lowest BCUT2D eigenvalue weighted by Crippen LogP contribution is -2.41. The first kappa shape index (κ1) is 28.0. The molecule has 2 atom stereocenters. The Morgan fingerprint density at radius 1 is 1.16 bits per heavy atom. The number of carbonyl (C=O) groups excluding carboxylic acids is 2. The van der Waals surface area contributed by atoms with Crippen molar-refractivity contribution in [3.05, 3.63) is 53.6 Å². The Kier molecular flexibility index (Phi) is 9.54. The molecule has 1 aliphatic heterocycles. The van der Waals surface area contributed by atoms with Gasteiger partial charge in [-0.2, -0.15) is 5.10 Å². The normalized spacial score (nSPS) is 17.7. The van der Waals surface area contributed by atoms with E-state index in [0.29, 0.717) is 42.8 Å². The molecule has 2 unspecified atom stereocenters. The maximum Gasteiger partial charge on any atom is 0.573 e. The van der Waals surface area contributed by atoms with Gasteiger partial charge in [0, 0.05) is 23.6 Å². The van der Waals surface area contributed by atoms with Gasteiger partial charge in [-0.1, -0.05) is 32.4 Å². The molecule has 200 valence electrons. The average Bonchev–Trinajstić information content (AvgIpc) is 2.87. The Hall–Kier alpha value is -3.56. The molecule has 0 saturated heterocycles. The zero-order valence-corrected chi connectivity index (χ0v) is 21.2. The van der Waals surface area contributed by atoms with Crippen molar-refractivity contribution in [2.45, 2.75) is 64.9 Å². The lowest BCUT2D eigenvalue weighted by Gasteiger charge is -2.35. The smallest absolute Gasteiger partial charge is 0.493 e. The molecule has 0 radical (unpaired) electrons. The minimum absolute atomic E-state index is 0.0418. The van der Waals surface area contributed by atoms with E-state index in [0.717, 1.165) is 24.7 Å². The van der Waals surface area contributed by atoms with E-state index in [4.69, 9.17) is 9.84 Å². The van der Waals surface area contributed by atoms with Gasteiger partial charge in [0.2, 0.25) is 5.91 Å². The van der Waals surface area contributed by atoms with Crippen LogP contribution in [0.2, 0.25) is 0 Å². The second-order valence-electron chi connectivity index (χ2n) is 8.89. The molecule has 0 fully saturated rings. The Morgan fingerprint density at radius 2 is 1.89 bits per heavy atom. The summed E-state index contributed by atoms with van der Waals surface area (Å²) in [7, 11) is 1.27. The number of benzene rings is 2. The molecule has 2 aromatic carbocycles. The Morgan fingerprint density at radius 3 is 2.49 bits per heavy atom. The van der Waals surface area contributed by atoms with E-state index in [1.165, 1.54) is 19.2 Å². The monoisotopic (exact) mass is 519 g/mol. The van der Waals surface area contributed by atoms with E-state index in [2.05, 4.69) is 10.1 Å². The lowest BCUT2D eigenvalue weighted by molar-refractivity contribution is -0.275. The summed E-state index contributed by atoms with van der Waals surface area (Å²) >= 11 is 0. The van der Waals surface area contributed by atoms with Gasteiger partial charge in [0.15, 0.2) is 11.5 Å². The molecular weight excluding hydrogens is 487 g/mol. The molecule has 37 heavy (non-hydrogen) atoms. The number of anilines is 1. The standard InChI is InChI=1S/C27H32F3N3O4/c1-4-6-7-25(35)31-21-11-8-18(9-12-21)16-33-22(17-34)14-19(5-2)26(32-33)20-10-13-23(36-3)24(15-20)37-27(28,29)30/h8-13,15,17,19,22H,4-7,14,16H2,1-3H3,(H,31,35). The summed E-state index contributed by atoms with van der Waals surface area (Å²) in [4.78, 5) is 23.9. The molecule has 2 aromatic rings. The van der Waals surface area contributed by atoms with Crippen LogP contribution in [0.3, 0.4) is 0 Å². The van der Waals surface area contributed by atoms with Crippen LogP contribution in [0.5, 0.6) is 11.5 Å². The molecule has 0 aromatic heterocycles. The van der Waals surface area contributed by atoms with Crippen LogP contribution in [0.1, 0.15) is 57.1 Å². The fourth-order valence-corrected chi connectivity index (χ4v) is 4.23. The Labute approximate surface area is 214 Å². The maximum atomic E-state index is 13.0. The van der Waals surface area contributed by atoms with E-state index >= 15 is 0 Å². The van der Waals surface area contributed by atoms with Crippen molar-refractivity contribution >= 4 is 23.6 Å². The van der Waals surface area contributed by atoms with Crippen molar-refractivity contribution in [2.75, 3.05) is 12.4 Å². The van der Waals surface area contributed by atoms with Gasteiger partial charge in [0.25, 0.3) is 0 Å². The number of hydrogen-bond donors (Lipinski definition) is 1. The SMILES string of the molecule is CCCCC(=O)Nc1ccc(CN2N=C(c3ccc(OC)c(OC(F)(F)F)c3)C(CC)CC2C=O)cc1. The van der Waals surface area contributed by atoms with E-state index in [-0.39, 0.29) is 17.6 Å². The number of amides is 1. The molecule has 0 saturated carbocycles. The summed E-state index contributed by atoms with van der Waals surface area (Å²) < 4.78 is 48.0. The van der Waals surface area contributed by atoms with Crippen molar-refractivity contribution in [3.63, 3.8) is 0 Å². The molecule has 0 spiro atoms. The molecule has 7 nitrogen and oxygen atoms in total. The second-order valence-corrected chi connectivity index (χ2v) is 8.89. The molecule has 1 amide bonds. The average molecular weight is 520 g/mol. The van der Waals surface area contributed by atoms with Crippen LogP contribution < -0.4 is 14.8 Å². The molecule has 1 N–H and O–H groups in total. The highest BCUT2D eigenvalue weighted by Crippen LogP contribution is 2.35. The zero-order chi connectivity index (χ0) is 27.0. The number of nitrogens with zero attached hydrogens (tertiary/aromatic N) is 2. The van der Waals surface area contributed by atoms with Gasteiger partial charge in [-0.15, -0.1) is 13.2 Å². The minimum Gasteiger partial charge on any atom is -0.493 e. The third kappa shape index (κ3) is 7.71. The van der Waals surface area contributed by atoms with Crippen molar-refractivity contribution in [2.24, 2.45) is 11.0 Å². The molecule has 0 bridgehead atoms. The summed E-state index contributed by atoms with van der Waals surface area (Å²) in [6, 6.07) is 11.1. The minimum atomic E-state index is -4.87. The summed E-state index contributed by atoms with van der Waals surface area (Å²) in [6.45, 7) is 4.28. The number of alkyl halides is 3. The van der Waals surface area contributed by atoms with E-state index in [9.17, 15) is 22.8 Å². The highest BCUT2D eigenvalue weighted by atomic mass is 19.4. The predicted molar refractivity (Wildman–Crippen MR) is 135 cm³/mol. The summed E-state index contributed by atoms with van der Waals surface area (Å²) in [5.41, 5.74) is 2.59. The number of hydrazone groups is 1. The van der Waals surface area contributed by atoms with Gasteiger partial charge in [-0.3, -0.25) is 9.80 Å². The molecule has 1 aliphatic rings. The van der Waals surface area contributed by atoms with Crippen LogP contribution in [-0.4, -0.2) is 42.4 Å². The van der Waals surface area contributed by atoms with Crippen LogP contribution in [0.4, 0.5) is 18.9 Å². The number of rotatable bonds is 11. The third-order valence-corrected chi connectivity index (χ3v) is 6.21. The third-order valence-electron chi connectivity index (χ3n) is 6.21. The second kappa shape index (κ2) is 12.6. The summed E-state index contributed by atoms with van der Waals surface area (Å²) in [6.07, 6.45) is -0.670. The lowest BCUT2D eigenvalue weighted by atomic mass is 9.87.